The monoisotopic (exact) mass is 732 g/mol. The third kappa shape index (κ3) is 7.27. The first kappa shape index (κ1) is 39.8. The molecule has 0 atom stereocenters. The topological polar surface area (TPSA) is 247 Å². The van der Waals surface area contributed by atoms with Gasteiger partial charge >= 0.3 is 65.1 Å². The molecule has 0 unspecified atom stereocenters. The Hall–Kier alpha value is -2.68. The van der Waals surface area contributed by atoms with Gasteiger partial charge in [0.1, 0.15) is 20.2 Å². The molecule has 0 bridgehead atoms. The predicted molar refractivity (Wildman–Crippen MR) is 163 cm³/mol. The molecule has 15 nitrogen and oxygen atoms in total. The van der Waals surface area contributed by atoms with E-state index >= 15 is 0 Å². The summed E-state index contributed by atoms with van der Waals surface area (Å²) >= 11 is 6.01. The van der Waals surface area contributed by atoms with Gasteiger partial charge in [-0.2, -0.15) is 15.0 Å². The van der Waals surface area contributed by atoms with Crippen molar-refractivity contribution in [2.24, 2.45) is 0 Å². The van der Waals surface area contributed by atoms with Crippen molar-refractivity contribution < 1.29 is 99.4 Å². The second kappa shape index (κ2) is 14.7. The van der Waals surface area contributed by atoms with Crippen LogP contribution in [0.4, 0.5) is 28.7 Å². The maximum atomic E-state index is 13.8. The molecule has 0 saturated heterocycles. The third-order valence-electron chi connectivity index (χ3n) is 7.26. The van der Waals surface area contributed by atoms with E-state index in [1.54, 1.807) is 6.92 Å². The summed E-state index contributed by atoms with van der Waals surface area (Å²) in [5.41, 5.74) is 3.99. The summed E-state index contributed by atoms with van der Waals surface area (Å²) in [6, 6.07) is 6.39. The summed E-state index contributed by atoms with van der Waals surface area (Å²) in [6.45, 7) is 6.04. The number of carbonyl (C=O) groups is 2. The summed E-state index contributed by atoms with van der Waals surface area (Å²) in [7, 11) is -10.5. The van der Waals surface area contributed by atoms with Gasteiger partial charge in [-0.25, -0.2) is 16.8 Å². The van der Waals surface area contributed by atoms with Gasteiger partial charge in [0, 0.05) is 16.8 Å². The summed E-state index contributed by atoms with van der Waals surface area (Å²) in [4.78, 5) is 37.6. The van der Waals surface area contributed by atoms with Crippen molar-refractivity contribution in [1.82, 2.24) is 15.0 Å². The number of hydrogen-bond donors (Lipinski definition) is 3. The molecular formula is C28H23ClN6Na2O9S2. The number of benzene rings is 3. The van der Waals surface area contributed by atoms with Crippen molar-refractivity contribution in [2.45, 2.75) is 37.5 Å². The van der Waals surface area contributed by atoms with Gasteiger partial charge in [0.15, 0.2) is 11.6 Å². The summed E-state index contributed by atoms with van der Waals surface area (Å²) in [5, 5.41) is 5.38. The Kier molecular flexibility index (Phi) is 12.1. The molecule has 1 aliphatic rings. The van der Waals surface area contributed by atoms with Crippen LogP contribution in [-0.2, 0) is 20.2 Å². The van der Waals surface area contributed by atoms with Crippen LogP contribution in [-0.4, -0.2) is 59.1 Å². The smallest absolute Gasteiger partial charge is 0.744 e. The molecule has 48 heavy (non-hydrogen) atoms. The molecule has 0 saturated carbocycles. The normalized spacial score (nSPS) is 12.3. The van der Waals surface area contributed by atoms with Crippen molar-refractivity contribution in [3.63, 3.8) is 0 Å². The standard InChI is InChI=1S/C28H25ClN6O9S2.2Na/c1-5-44-28-34-26(29)33-27(35-28)32-22-11(2)21(12(3)25(13(22)4)46(41,42)43)31-16-10-17(45(38,39)40)20(30)19-18(16)23(36)14-8-6-7-9-15(14)24(19)37;;/h6-10,31H,5,30H2,1-4H3,(H,38,39,40)(H,41,42,43)(H,32,33,34,35);;/q;2*+1/p-2. The second-order valence-corrected chi connectivity index (χ2v) is 13.0. The van der Waals surface area contributed by atoms with Crippen molar-refractivity contribution in [1.29, 1.82) is 0 Å². The fourth-order valence-electron chi connectivity index (χ4n) is 5.37. The van der Waals surface area contributed by atoms with E-state index in [-0.39, 0.29) is 133 Å². The minimum atomic E-state index is -5.30. The maximum absolute atomic E-state index is 13.8. The average molecular weight is 733 g/mol. The number of carbonyl (C=O) groups excluding carboxylic acids is 2. The fourth-order valence-corrected chi connectivity index (χ4v) is 7.11. The third-order valence-corrected chi connectivity index (χ3v) is 9.42. The van der Waals surface area contributed by atoms with E-state index in [9.17, 15) is 35.5 Å². The average Bonchev–Trinajstić information content (AvgIpc) is 2.95. The fraction of sp³-hybridized carbons (Fsp3) is 0.179. The first-order chi connectivity index (χ1) is 21.4. The van der Waals surface area contributed by atoms with Crippen molar-refractivity contribution in [2.75, 3.05) is 23.0 Å². The number of anilines is 5. The van der Waals surface area contributed by atoms with Crippen molar-refractivity contribution in [3.8, 4) is 6.01 Å². The van der Waals surface area contributed by atoms with E-state index in [1.807, 2.05) is 0 Å². The zero-order valence-electron chi connectivity index (χ0n) is 26.4. The van der Waals surface area contributed by atoms with Gasteiger partial charge in [0.2, 0.25) is 11.2 Å². The van der Waals surface area contributed by atoms with Crippen molar-refractivity contribution >= 4 is 72.1 Å². The summed E-state index contributed by atoms with van der Waals surface area (Å²) in [6.07, 6.45) is 0. The molecule has 4 N–H and O–H groups in total. The molecule has 1 aromatic heterocycles. The molecule has 4 aromatic rings. The molecule has 240 valence electrons. The van der Waals surface area contributed by atoms with Gasteiger partial charge in [-0.3, -0.25) is 9.59 Å². The van der Waals surface area contributed by atoms with E-state index in [2.05, 4.69) is 25.6 Å². The number of aromatic nitrogens is 3. The van der Waals surface area contributed by atoms with Crippen LogP contribution in [0.5, 0.6) is 6.01 Å². The predicted octanol–water partition coefficient (Wildman–Crippen LogP) is -2.49. The molecule has 0 aliphatic heterocycles. The zero-order chi connectivity index (χ0) is 33.9. The summed E-state index contributed by atoms with van der Waals surface area (Å²) < 4.78 is 79.8. The number of nitrogens with zero attached hydrogens (tertiary/aromatic N) is 3. The van der Waals surface area contributed by atoms with Gasteiger partial charge < -0.3 is 30.2 Å². The van der Waals surface area contributed by atoms with Gasteiger partial charge in [-0.05, 0) is 62.1 Å². The molecule has 1 heterocycles. The molecular weight excluding hydrogens is 710 g/mol. The van der Waals surface area contributed by atoms with Crippen LogP contribution >= 0.6 is 11.6 Å². The first-order valence-corrected chi connectivity index (χ1v) is 16.4. The number of nitrogens with one attached hydrogen (secondary N) is 2. The molecule has 0 spiro atoms. The molecule has 3 aromatic carbocycles. The molecule has 20 heteroatoms. The SMILES string of the molecule is CCOc1nc(Cl)nc(Nc2c(C)c(Nc3cc(S(=O)(=O)[O-])c(N)c4c3C(=O)c3ccccc3C4=O)c(C)c(S(=O)(=O)[O-])c2C)n1.[Na+].[Na+]. The molecule has 0 radical (unpaired) electrons. The number of fused-ring (bicyclic) bond motifs is 2. The number of halogens is 1. The second-order valence-electron chi connectivity index (χ2n) is 10.0. The quantitative estimate of drug-likeness (QED) is 0.0849. The Morgan fingerprint density at radius 2 is 1.38 bits per heavy atom. The molecule has 5 rings (SSSR count). The van der Waals surface area contributed by atoms with E-state index in [1.165, 1.54) is 45.0 Å². The molecule has 0 amide bonds. The van der Waals surface area contributed by atoms with Crippen LogP contribution in [0, 0.1) is 20.8 Å². The molecule has 1 aliphatic carbocycles. The Bertz CT molecular complexity index is 2240. The first-order valence-electron chi connectivity index (χ1n) is 13.2. The maximum Gasteiger partial charge on any atom is 1.00 e. The Morgan fingerprint density at radius 1 is 0.833 bits per heavy atom. The number of rotatable bonds is 8. The molecule has 0 fully saturated rings. The van der Waals surface area contributed by atoms with Gasteiger partial charge in [0.25, 0.3) is 0 Å². The van der Waals surface area contributed by atoms with E-state index in [0.29, 0.717) is 0 Å². The number of ether oxygens (including phenoxy) is 1. The van der Waals surface area contributed by atoms with Gasteiger partial charge in [-0.1, -0.05) is 24.3 Å². The number of hydrogen-bond acceptors (Lipinski definition) is 15. The Balaban J connectivity index is 0.00000312. The van der Waals surface area contributed by atoms with Crippen LogP contribution < -0.4 is 80.2 Å². The largest absolute Gasteiger partial charge is 1.00 e. The van der Waals surface area contributed by atoms with Crippen LogP contribution in [0.2, 0.25) is 5.28 Å². The number of nitrogens with two attached hydrogens (primary N) is 1. The van der Waals surface area contributed by atoms with Crippen molar-refractivity contribution in [3.05, 3.63) is 74.6 Å². The number of ketones is 2. The van der Waals surface area contributed by atoms with Gasteiger partial charge in [0.05, 0.1) is 44.6 Å². The van der Waals surface area contributed by atoms with E-state index < -0.39 is 52.8 Å². The minimum absolute atomic E-state index is 0. The minimum Gasteiger partial charge on any atom is -0.744 e. The summed E-state index contributed by atoms with van der Waals surface area (Å²) in [5.74, 6) is -1.72. The van der Waals surface area contributed by atoms with Crippen LogP contribution in [0.25, 0.3) is 0 Å². The van der Waals surface area contributed by atoms with E-state index in [4.69, 9.17) is 22.1 Å². The Morgan fingerprint density at radius 3 is 1.90 bits per heavy atom. The zero-order valence-corrected chi connectivity index (χ0v) is 32.8. The Labute approximate surface area is 324 Å². The van der Waals surface area contributed by atoms with Gasteiger partial charge in [-0.15, -0.1) is 0 Å². The number of nitrogen functional groups attached to an aromatic ring is 1. The van der Waals surface area contributed by atoms with Crippen LogP contribution in [0.15, 0.2) is 40.1 Å². The van der Waals surface area contributed by atoms with Crippen LogP contribution in [0.1, 0.15) is 55.5 Å². The van der Waals surface area contributed by atoms with E-state index in [0.717, 1.165) is 6.07 Å². The van der Waals surface area contributed by atoms with Crippen LogP contribution in [0.3, 0.4) is 0 Å².